The minimum absolute atomic E-state index is 0.217. The third-order valence-corrected chi connectivity index (χ3v) is 4.63. The van der Waals surface area contributed by atoms with E-state index in [1.54, 1.807) is 11.8 Å². The van der Waals surface area contributed by atoms with Crippen molar-refractivity contribution in [2.45, 2.75) is 13.8 Å². The number of carbonyl (C=O) groups excluding carboxylic acids is 1. The van der Waals surface area contributed by atoms with Gasteiger partial charge in [-0.2, -0.15) is 11.8 Å². The second-order valence-electron chi connectivity index (χ2n) is 4.96. The number of hydrogen-bond donors (Lipinski definition) is 1. The van der Waals surface area contributed by atoms with Crippen molar-refractivity contribution in [3.05, 3.63) is 29.8 Å². The second kappa shape index (κ2) is 6.96. The summed E-state index contributed by atoms with van der Waals surface area (Å²) < 4.78 is 0. The summed E-state index contributed by atoms with van der Waals surface area (Å²) in [6, 6.07) is 8.08. The predicted octanol–water partition coefficient (Wildman–Crippen LogP) is 2.30. The zero-order valence-corrected chi connectivity index (χ0v) is 12.5. The van der Waals surface area contributed by atoms with Crippen molar-refractivity contribution >= 4 is 23.4 Å². The molecule has 0 saturated carbocycles. The molecule has 1 fully saturated rings. The number of nitrogens with one attached hydrogen (secondary N) is 1. The van der Waals surface area contributed by atoms with Gasteiger partial charge in [-0.15, -0.1) is 0 Å². The highest BCUT2D eigenvalue weighted by Gasteiger charge is 2.19. The van der Waals surface area contributed by atoms with Crippen molar-refractivity contribution in [2.75, 3.05) is 36.0 Å². The monoisotopic (exact) mass is 278 g/mol. The van der Waals surface area contributed by atoms with Crippen LogP contribution in [0, 0.1) is 12.8 Å². The van der Waals surface area contributed by atoms with Crippen LogP contribution < -0.4 is 10.2 Å². The van der Waals surface area contributed by atoms with Gasteiger partial charge in [-0.1, -0.05) is 18.2 Å². The maximum Gasteiger partial charge on any atom is 0.236 e. The summed E-state index contributed by atoms with van der Waals surface area (Å²) in [6.45, 7) is 7.03. The van der Waals surface area contributed by atoms with E-state index in [4.69, 9.17) is 0 Å². The van der Waals surface area contributed by atoms with Crippen LogP contribution in [0.1, 0.15) is 12.5 Å². The molecule has 0 bridgehead atoms. The molecule has 1 aromatic carbocycles. The number of amides is 1. The topological polar surface area (TPSA) is 32.3 Å². The van der Waals surface area contributed by atoms with Crippen LogP contribution in [0.25, 0.3) is 0 Å². The standard InChI is InChI=1S/C15H22N2OS/c1-3-17(14-7-5-4-6-12(14)2)15(18)11-19-10-13-8-16-9-13/h4-7,13,16H,3,8-11H2,1-2H3. The van der Waals surface area contributed by atoms with Gasteiger partial charge < -0.3 is 10.2 Å². The number of para-hydroxylation sites is 1. The molecule has 1 N–H and O–H groups in total. The Kier molecular flexibility index (Phi) is 5.28. The lowest BCUT2D eigenvalue weighted by atomic mass is 10.1. The minimum Gasteiger partial charge on any atom is -0.316 e. The molecule has 1 heterocycles. The fraction of sp³-hybridized carbons (Fsp3) is 0.533. The summed E-state index contributed by atoms with van der Waals surface area (Å²) >= 11 is 1.76. The molecule has 2 rings (SSSR count). The first-order chi connectivity index (χ1) is 9.22. The van der Waals surface area contributed by atoms with Crippen LogP contribution >= 0.6 is 11.8 Å². The molecule has 1 aliphatic heterocycles. The summed E-state index contributed by atoms with van der Waals surface area (Å²) in [4.78, 5) is 14.2. The molecule has 1 saturated heterocycles. The summed E-state index contributed by atoms with van der Waals surface area (Å²) in [6.07, 6.45) is 0. The van der Waals surface area contributed by atoms with Gasteiger partial charge in [0.05, 0.1) is 5.75 Å². The van der Waals surface area contributed by atoms with Gasteiger partial charge in [0, 0.05) is 12.2 Å². The Morgan fingerprint density at radius 2 is 2.16 bits per heavy atom. The maximum absolute atomic E-state index is 12.3. The van der Waals surface area contributed by atoms with E-state index in [-0.39, 0.29) is 5.91 Å². The lowest BCUT2D eigenvalue weighted by Crippen LogP contribution is -2.43. The van der Waals surface area contributed by atoms with Gasteiger partial charge >= 0.3 is 0 Å². The highest BCUT2D eigenvalue weighted by molar-refractivity contribution is 7.99. The van der Waals surface area contributed by atoms with Crippen molar-refractivity contribution in [1.29, 1.82) is 0 Å². The smallest absolute Gasteiger partial charge is 0.236 e. The predicted molar refractivity (Wildman–Crippen MR) is 82.9 cm³/mol. The van der Waals surface area contributed by atoms with E-state index in [1.165, 1.54) is 0 Å². The van der Waals surface area contributed by atoms with Gasteiger partial charge in [-0.05, 0) is 50.2 Å². The molecule has 104 valence electrons. The van der Waals surface area contributed by atoms with E-state index in [9.17, 15) is 4.79 Å². The number of aryl methyl sites for hydroxylation is 1. The summed E-state index contributed by atoms with van der Waals surface area (Å²) in [5.41, 5.74) is 2.20. The molecule has 0 unspecified atom stereocenters. The lowest BCUT2D eigenvalue weighted by Gasteiger charge is -2.27. The molecule has 0 radical (unpaired) electrons. The Bertz CT molecular complexity index is 432. The van der Waals surface area contributed by atoms with Crippen molar-refractivity contribution in [3.8, 4) is 0 Å². The van der Waals surface area contributed by atoms with Gasteiger partial charge in [0.25, 0.3) is 0 Å². The molecule has 1 aliphatic rings. The molecular weight excluding hydrogens is 256 g/mol. The Hall–Kier alpha value is -1.00. The fourth-order valence-electron chi connectivity index (χ4n) is 2.20. The first-order valence-corrected chi connectivity index (χ1v) is 8.02. The first kappa shape index (κ1) is 14.4. The van der Waals surface area contributed by atoms with E-state index >= 15 is 0 Å². The summed E-state index contributed by atoms with van der Waals surface area (Å²) in [5, 5.41) is 3.26. The molecule has 0 aliphatic carbocycles. The molecule has 3 nitrogen and oxygen atoms in total. The average Bonchev–Trinajstić information content (AvgIpc) is 2.35. The normalized spacial score (nSPS) is 15.1. The van der Waals surface area contributed by atoms with Crippen LogP contribution in [0.5, 0.6) is 0 Å². The Morgan fingerprint density at radius 3 is 2.74 bits per heavy atom. The van der Waals surface area contributed by atoms with E-state index in [0.717, 1.165) is 42.6 Å². The summed E-state index contributed by atoms with van der Waals surface area (Å²) in [5.74, 6) is 2.64. The first-order valence-electron chi connectivity index (χ1n) is 6.86. The molecule has 0 atom stereocenters. The zero-order valence-electron chi connectivity index (χ0n) is 11.7. The van der Waals surface area contributed by atoms with Crippen molar-refractivity contribution in [2.24, 2.45) is 5.92 Å². The van der Waals surface area contributed by atoms with Gasteiger partial charge in [-0.3, -0.25) is 4.79 Å². The highest BCUT2D eigenvalue weighted by atomic mass is 32.2. The van der Waals surface area contributed by atoms with Crippen molar-refractivity contribution in [1.82, 2.24) is 5.32 Å². The molecule has 1 aromatic rings. The quantitative estimate of drug-likeness (QED) is 0.866. The van der Waals surface area contributed by atoms with Gasteiger partial charge in [0.15, 0.2) is 0 Å². The number of carbonyl (C=O) groups is 1. The third-order valence-electron chi connectivity index (χ3n) is 3.47. The fourth-order valence-corrected chi connectivity index (χ4v) is 3.22. The minimum atomic E-state index is 0.217. The van der Waals surface area contributed by atoms with Crippen molar-refractivity contribution < 1.29 is 4.79 Å². The third kappa shape index (κ3) is 3.74. The van der Waals surface area contributed by atoms with Crippen LogP contribution in [0.4, 0.5) is 5.69 Å². The molecule has 0 aromatic heterocycles. The SMILES string of the molecule is CCN(C(=O)CSCC1CNC1)c1ccccc1C. The Labute approximate surface area is 119 Å². The van der Waals surface area contributed by atoms with Gasteiger partial charge in [0.1, 0.15) is 0 Å². The molecule has 4 heteroatoms. The zero-order chi connectivity index (χ0) is 13.7. The number of benzene rings is 1. The van der Waals surface area contributed by atoms with Crippen LogP contribution in [-0.2, 0) is 4.79 Å². The highest BCUT2D eigenvalue weighted by Crippen LogP contribution is 2.21. The van der Waals surface area contributed by atoms with Crippen LogP contribution in [0.2, 0.25) is 0 Å². The largest absolute Gasteiger partial charge is 0.316 e. The molecule has 0 spiro atoms. The number of nitrogens with zero attached hydrogens (tertiary/aromatic N) is 1. The van der Waals surface area contributed by atoms with Gasteiger partial charge in [-0.25, -0.2) is 0 Å². The molecule has 19 heavy (non-hydrogen) atoms. The maximum atomic E-state index is 12.3. The van der Waals surface area contributed by atoms with Crippen molar-refractivity contribution in [3.63, 3.8) is 0 Å². The van der Waals surface area contributed by atoms with E-state index < -0.39 is 0 Å². The van der Waals surface area contributed by atoms with Crippen LogP contribution in [0.15, 0.2) is 24.3 Å². The van der Waals surface area contributed by atoms with E-state index in [2.05, 4.69) is 18.3 Å². The molecular formula is C15H22N2OS. The van der Waals surface area contributed by atoms with Gasteiger partial charge in [0.2, 0.25) is 5.91 Å². The van der Waals surface area contributed by atoms with E-state index in [0.29, 0.717) is 5.75 Å². The Balaban J connectivity index is 1.89. The Morgan fingerprint density at radius 1 is 1.42 bits per heavy atom. The molecule has 1 amide bonds. The average molecular weight is 278 g/mol. The number of anilines is 1. The number of thioether (sulfide) groups is 1. The van der Waals surface area contributed by atoms with E-state index in [1.807, 2.05) is 30.0 Å². The number of rotatable bonds is 6. The number of hydrogen-bond acceptors (Lipinski definition) is 3. The lowest BCUT2D eigenvalue weighted by molar-refractivity contribution is -0.116. The van der Waals surface area contributed by atoms with Crippen LogP contribution in [-0.4, -0.2) is 37.0 Å². The second-order valence-corrected chi connectivity index (χ2v) is 5.99. The summed E-state index contributed by atoms with van der Waals surface area (Å²) in [7, 11) is 0. The van der Waals surface area contributed by atoms with Crippen LogP contribution in [0.3, 0.4) is 0 Å².